The monoisotopic (exact) mass is 175 g/mol. The molecule has 0 aromatic carbocycles. The van der Waals surface area contributed by atoms with Crippen LogP contribution in [-0.2, 0) is 14.3 Å². The van der Waals surface area contributed by atoms with Crippen LogP contribution in [0, 0.1) is 0 Å². The van der Waals surface area contributed by atoms with Crippen molar-refractivity contribution in [3.63, 3.8) is 0 Å². The fourth-order valence-electron chi connectivity index (χ4n) is 0.587. The lowest BCUT2D eigenvalue weighted by atomic mass is 10.4. The molecule has 1 unspecified atom stereocenters. The van der Waals surface area contributed by atoms with Crippen LogP contribution in [0.25, 0.3) is 0 Å². The predicted octanol–water partition coefficient (Wildman–Crippen LogP) is 0.174. The van der Waals surface area contributed by atoms with E-state index in [1.807, 2.05) is 13.8 Å². The summed E-state index contributed by atoms with van der Waals surface area (Å²) in [4.78, 5) is 10.9. The Morgan fingerprint density at radius 1 is 1.58 bits per heavy atom. The van der Waals surface area contributed by atoms with Crippen LogP contribution >= 0.6 is 0 Å². The highest BCUT2D eigenvalue weighted by Gasteiger charge is 2.03. The Hall–Kier alpha value is -0.610. The molecule has 0 bridgehead atoms. The molecular weight excluding hydrogens is 158 g/mol. The van der Waals surface area contributed by atoms with Gasteiger partial charge >= 0.3 is 0 Å². The molecule has 0 rings (SSSR count). The molecule has 0 fully saturated rings. The Labute approximate surface area is 73.2 Å². The molecule has 12 heavy (non-hydrogen) atoms. The first kappa shape index (κ1) is 11.4. The molecule has 1 amide bonds. The first-order chi connectivity index (χ1) is 5.70. The van der Waals surface area contributed by atoms with Crippen molar-refractivity contribution in [2.45, 2.75) is 20.0 Å². The average Bonchev–Trinajstić information content (AvgIpc) is 2.10. The van der Waals surface area contributed by atoms with E-state index in [1.54, 1.807) is 7.11 Å². The first-order valence-corrected chi connectivity index (χ1v) is 4.08. The Morgan fingerprint density at radius 3 is 2.75 bits per heavy atom. The van der Waals surface area contributed by atoms with Gasteiger partial charge in [-0.05, 0) is 13.8 Å². The van der Waals surface area contributed by atoms with E-state index in [1.165, 1.54) is 0 Å². The van der Waals surface area contributed by atoms with Crippen molar-refractivity contribution in [3.05, 3.63) is 0 Å². The zero-order chi connectivity index (χ0) is 9.40. The summed E-state index contributed by atoms with van der Waals surface area (Å²) in [5, 5.41) is 2.68. The molecule has 0 aromatic heterocycles. The zero-order valence-corrected chi connectivity index (χ0v) is 7.92. The van der Waals surface area contributed by atoms with E-state index in [2.05, 4.69) is 5.32 Å². The van der Waals surface area contributed by atoms with E-state index < -0.39 is 0 Å². The van der Waals surface area contributed by atoms with Crippen LogP contribution < -0.4 is 5.32 Å². The largest absolute Gasteiger partial charge is 0.380 e. The van der Waals surface area contributed by atoms with Gasteiger partial charge in [0.2, 0.25) is 5.91 Å². The van der Waals surface area contributed by atoms with Gasteiger partial charge in [0.15, 0.2) is 0 Å². The van der Waals surface area contributed by atoms with Crippen LogP contribution in [0.1, 0.15) is 13.8 Å². The van der Waals surface area contributed by atoms with Gasteiger partial charge in [0.05, 0.1) is 6.10 Å². The molecule has 4 heteroatoms. The minimum Gasteiger partial charge on any atom is -0.380 e. The molecule has 0 spiro atoms. The minimum absolute atomic E-state index is 0.0515. The third-order valence-corrected chi connectivity index (χ3v) is 1.43. The third kappa shape index (κ3) is 6.12. The summed E-state index contributed by atoms with van der Waals surface area (Å²) < 4.78 is 9.86. The lowest BCUT2D eigenvalue weighted by Crippen LogP contribution is -2.34. The van der Waals surface area contributed by atoms with Gasteiger partial charge in [-0.25, -0.2) is 0 Å². The molecule has 0 radical (unpaired) electrons. The van der Waals surface area contributed by atoms with Gasteiger partial charge in [-0.1, -0.05) is 0 Å². The van der Waals surface area contributed by atoms with E-state index in [4.69, 9.17) is 9.47 Å². The summed E-state index contributed by atoms with van der Waals surface area (Å²) in [6.07, 6.45) is 0.0515. The molecule has 72 valence electrons. The van der Waals surface area contributed by atoms with Gasteiger partial charge in [0.25, 0.3) is 0 Å². The van der Waals surface area contributed by atoms with Gasteiger partial charge in [-0.2, -0.15) is 0 Å². The van der Waals surface area contributed by atoms with Crippen LogP contribution in [0.2, 0.25) is 0 Å². The number of hydrogen-bond donors (Lipinski definition) is 1. The van der Waals surface area contributed by atoms with E-state index in [0.29, 0.717) is 13.2 Å². The smallest absolute Gasteiger partial charge is 0.246 e. The predicted molar refractivity (Wildman–Crippen MR) is 46.0 cm³/mol. The second kappa shape index (κ2) is 7.06. The number of rotatable bonds is 6. The third-order valence-electron chi connectivity index (χ3n) is 1.43. The Kier molecular flexibility index (Phi) is 6.70. The van der Waals surface area contributed by atoms with Gasteiger partial charge in [-0.15, -0.1) is 0 Å². The van der Waals surface area contributed by atoms with E-state index >= 15 is 0 Å². The van der Waals surface area contributed by atoms with Crippen LogP contribution in [0.15, 0.2) is 0 Å². The number of nitrogens with one attached hydrogen (secondary N) is 1. The number of hydrogen-bond acceptors (Lipinski definition) is 3. The van der Waals surface area contributed by atoms with Crippen LogP contribution in [0.5, 0.6) is 0 Å². The summed E-state index contributed by atoms with van der Waals surface area (Å²) in [6.45, 7) is 4.97. The molecular formula is C8H17NO3. The highest BCUT2D eigenvalue weighted by molar-refractivity contribution is 5.77. The average molecular weight is 175 g/mol. The maximum absolute atomic E-state index is 10.9. The highest BCUT2D eigenvalue weighted by Crippen LogP contribution is 1.83. The van der Waals surface area contributed by atoms with E-state index in [-0.39, 0.29) is 18.6 Å². The lowest BCUT2D eigenvalue weighted by Gasteiger charge is -2.10. The fourth-order valence-corrected chi connectivity index (χ4v) is 0.587. The molecule has 1 N–H and O–H groups in total. The van der Waals surface area contributed by atoms with Crippen molar-refractivity contribution >= 4 is 5.91 Å². The first-order valence-electron chi connectivity index (χ1n) is 4.08. The van der Waals surface area contributed by atoms with Gasteiger partial charge in [0, 0.05) is 20.3 Å². The topological polar surface area (TPSA) is 47.6 Å². The minimum atomic E-state index is -0.0965. The summed E-state index contributed by atoms with van der Waals surface area (Å²) in [5.41, 5.74) is 0. The van der Waals surface area contributed by atoms with Crippen molar-refractivity contribution in [3.8, 4) is 0 Å². The second-order valence-corrected chi connectivity index (χ2v) is 2.49. The van der Waals surface area contributed by atoms with E-state index in [9.17, 15) is 4.79 Å². The summed E-state index contributed by atoms with van der Waals surface area (Å²) in [7, 11) is 1.61. The number of carbonyl (C=O) groups excluding carboxylic acids is 1. The number of amides is 1. The van der Waals surface area contributed by atoms with Crippen molar-refractivity contribution in [1.82, 2.24) is 5.32 Å². The van der Waals surface area contributed by atoms with Crippen molar-refractivity contribution < 1.29 is 14.3 Å². The van der Waals surface area contributed by atoms with Gasteiger partial charge < -0.3 is 14.8 Å². The zero-order valence-electron chi connectivity index (χ0n) is 7.92. The molecule has 0 aliphatic heterocycles. The fraction of sp³-hybridized carbons (Fsp3) is 0.875. The number of carbonyl (C=O) groups is 1. The molecule has 0 saturated carbocycles. The second-order valence-electron chi connectivity index (χ2n) is 2.49. The molecule has 0 aromatic rings. The molecule has 0 saturated heterocycles. The van der Waals surface area contributed by atoms with Crippen LogP contribution in [-0.4, -0.2) is 38.9 Å². The van der Waals surface area contributed by atoms with Crippen molar-refractivity contribution in [1.29, 1.82) is 0 Å². The lowest BCUT2D eigenvalue weighted by molar-refractivity contribution is -0.126. The van der Waals surface area contributed by atoms with Crippen molar-refractivity contribution in [2.24, 2.45) is 0 Å². The maximum atomic E-state index is 10.9. The number of ether oxygens (including phenoxy) is 2. The summed E-state index contributed by atoms with van der Waals surface area (Å²) >= 11 is 0. The summed E-state index contributed by atoms with van der Waals surface area (Å²) in [6, 6.07) is 0. The van der Waals surface area contributed by atoms with Crippen LogP contribution in [0.3, 0.4) is 0 Å². The Bertz CT molecular complexity index is 127. The highest BCUT2D eigenvalue weighted by atomic mass is 16.5. The molecule has 0 aliphatic rings. The molecule has 4 nitrogen and oxygen atoms in total. The SMILES string of the molecule is CCOCC(=O)NCC(C)OC. The molecule has 1 atom stereocenters. The Balaban J connectivity index is 3.31. The molecule has 0 aliphatic carbocycles. The normalized spacial score (nSPS) is 12.6. The van der Waals surface area contributed by atoms with E-state index in [0.717, 1.165) is 0 Å². The number of methoxy groups -OCH3 is 1. The maximum Gasteiger partial charge on any atom is 0.246 e. The molecule has 0 heterocycles. The van der Waals surface area contributed by atoms with Crippen LogP contribution in [0.4, 0.5) is 0 Å². The van der Waals surface area contributed by atoms with Crippen molar-refractivity contribution in [2.75, 3.05) is 26.9 Å². The van der Waals surface area contributed by atoms with Gasteiger partial charge in [-0.3, -0.25) is 4.79 Å². The Morgan fingerprint density at radius 2 is 2.25 bits per heavy atom. The summed E-state index contributed by atoms with van der Waals surface area (Å²) in [5.74, 6) is -0.0965. The standard InChI is InChI=1S/C8H17NO3/c1-4-12-6-8(10)9-5-7(2)11-3/h7H,4-6H2,1-3H3,(H,9,10). The van der Waals surface area contributed by atoms with Gasteiger partial charge in [0.1, 0.15) is 6.61 Å². The quantitative estimate of drug-likeness (QED) is 0.626.